The Hall–Kier alpha value is -2.65. The van der Waals surface area contributed by atoms with Crippen LogP contribution in [-0.2, 0) is 14.8 Å². The fourth-order valence-electron chi connectivity index (χ4n) is 2.86. The normalized spacial score (nSPS) is 16.3. The van der Waals surface area contributed by atoms with Gasteiger partial charge in [0.25, 0.3) is 0 Å². The number of nitrogens with one attached hydrogen (secondary N) is 1. The van der Waals surface area contributed by atoms with E-state index in [4.69, 9.17) is 14.6 Å². The maximum absolute atomic E-state index is 13.3. The highest BCUT2D eigenvalue weighted by atomic mass is 32.2. The molecule has 0 spiro atoms. The average molecular weight is 395 g/mol. The van der Waals surface area contributed by atoms with Crippen LogP contribution in [0.5, 0.6) is 11.5 Å². The van der Waals surface area contributed by atoms with Crippen LogP contribution in [0.4, 0.5) is 4.39 Å². The molecule has 2 aromatic rings. The van der Waals surface area contributed by atoms with E-state index in [-0.39, 0.29) is 17.4 Å². The highest BCUT2D eigenvalue weighted by molar-refractivity contribution is 7.89. The predicted octanol–water partition coefficient (Wildman–Crippen LogP) is 2.13. The van der Waals surface area contributed by atoms with Crippen LogP contribution in [0, 0.1) is 5.82 Å². The van der Waals surface area contributed by atoms with Crippen LogP contribution in [-0.4, -0.2) is 39.3 Å². The van der Waals surface area contributed by atoms with Crippen LogP contribution in [0.3, 0.4) is 0 Å². The van der Waals surface area contributed by atoms with Crippen LogP contribution in [0.1, 0.15) is 17.9 Å². The average Bonchev–Trinajstić information content (AvgIpc) is 2.64. The van der Waals surface area contributed by atoms with Crippen LogP contribution >= 0.6 is 0 Å². The Labute approximate surface area is 155 Å². The SMILES string of the molecule is O=C(O)COc1cccc2c1OCCC2CNS(=O)(=O)c1cccc(F)c1. The Balaban J connectivity index is 1.76. The van der Waals surface area contributed by atoms with Gasteiger partial charge >= 0.3 is 5.97 Å². The van der Waals surface area contributed by atoms with Gasteiger partial charge in [-0.25, -0.2) is 22.3 Å². The summed E-state index contributed by atoms with van der Waals surface area (Å²) in [5.41, 5.74) is 0.728. The number of para-hydroxylation sites is 1. The topological polar surface area (TPSA) is 102 Å². The smallest absolute Gasteiger partial charge is 0.341 e. The van der Waals surface area contributed by atoms with E-state index in [1.54, 1.807) is 18.2 Å². The summed E-state index contributed by atoms with van der Waals surface area (Å²) >= 11 is 0. The zero-order valence-corrected chi connectivity index (χ0v) is 15.0. The van der Waals surface area contributed by atoms with Crippen LogP contribution in [0.15, 0.2) is 47.4 Å². The van der Waals surface area contributed by atoms with E-state index in [0.717, 1.165) is 11.6 Å². The summed E-state index contributed by atoms with van der Waals surface area (Å²) < 4.78 is 51.4. The number of carbonyl (C=O) groups is 1. The molecule has 144 valence electrons. The monoisotopic (exact) mass is 395 g/mol. The number of aliphatic carboxylic acids is 1. The minimum atomic E-state index is -3.86. The maximum atomic E-state index is 13.3. The lowest BCUT2D eigenvalue weighted by Crippen LogP contribution is -2.31. The van der Waals surface area contributed by atoms with Crippen molar-refractivity contribution in [1.29, 1.82) is 0 Å². The van der Waals surface area contributed by atoms with Gasteiger partial charge in [0.1, 0.15) is 5.82 Å². The number of ether oxygens (including phenoxy) is 2. The molecule has 2 aromatic carbocycles. The molecule has 3 rings (SSSR count). The molecular formula is C18H18FNO6S. The summed E-state index contributed by atoms with van der Waals surface area (Å²) in [5.74, 6) is -1.21. The number of carboxylic acids is 1. The lowest BCUT2D eigenvalue weighted by Gasteiger charge is -2.27. The van der Waals surface area contributed by atoms with E-state index < -0.39 is 28.4 Å². The van der Waals surface area contributed by atoms with Crippen molar-refractivity contribution in [2.24, 2.45) is 0 Å². The summed E-state index contributed by atoms with van der Waals surface area (Å²) in [5, 5.41) is 8.76. The maximum Gasteiger partial charge on any atom is 0.341 e. The van der Waals surface area contributed by atoms with E-state index in [2.05, 4.69) is 4.72 Å². The number of benzene rings is 2. The second-order valence-electron chi connectivity index (χ2n) is 6.00. The van der Waals surface area contributed by atoms with Gasteiger partial charge < -0.3 is 14.6 Å². The van der Waals surface area contributed by atoms with E-state index in [1.807, 2.05) is 0 Å². The first-order chi connectivity index (χ1) is 12.9. The van der Waals surface area contributed by atoms with Gasteiger partial charge in [0.2, 0.25) is 10.0 Å². The van der Waals surface area contributed by atoms with E-state index in [1.165, 1.54) is 18.2 Å². The number of halogens is 1. The quantitative estimate of drug-likeness (QED) is 0.745. The van der Waals surface area contributed by atoms with Gasteiger partial charge in [-0.1, -0.05) is 18.2 Å². The summed E-state index contributed by atoms with van der Waals surface area (Å²) in [6.45, 7) is -0.0684. The Bertz CT molecular complexity index is 947. The standard InChI is InChI=1S/C18H18FNO6S/c19-13-3-1-4-14(9-13)27(23,24)20-10-12-7-8-25-18-15(12)5-2-6-16(18)26-11-17(21)22/h1-6,9,12,20H,7-8,10-11H2,(H,21,22). The van der Waals surface area contributed by atoms with Gasteiger partial charge in [0, 0.05) is 18.0 Å². The molecule has 7 nitrogen and oxygen atoms in total. The molecule has 27 heavy (non-hydrogen) atoms. The minimum Gasteiger partial charge on any atom is -0.489 e. The number of carboxylic acid groups (broad SMARTS) is 1. The van der Waals surface area contributed by atoms with Gasteiger partial charge in [-0.2, -0.15) is 0 Å². The molecule has 0 aliphatic carbocycles. The largest absolute Gasteiger partial charge is 0.489 e. The van der Waals surface area contributed by atoms with Gasteiger partial charge in [0.05, 0.1) is 11.5 Å². The lowest BCUT2D eigenvalue weighted by molar-refractivity contribution is -0.139. The highest BCUT2D eigenvalue weighted by Crippen LogP contribution is 2.40. The Morgan fingerprint density at radius 3 is 2.81 bits per heavy atom. The van der Waals surface area contributed by atoms with Crippen molar-refractivity contribution in [2.45, 2.75) is 17.2 Å². The zero-order chi connectivity index (χ0) is 19.4. The Morgan fingerprint density at radius 2 is 2.07 bits per heavy atom. The van der Waals surface area contributed by atoms with Gasteiger partial charge in [-0.3, -0.25) is 0 Å². The zero-order valence-electron chi connectivity index (χ0n) is 14.2. The molecule has 0 amide bonds. The highest BCUT2D eigenvalue weighted by Gasteiger charge is 2.26. The van der Waals surface area contributed by atoms with E-state index >= 15 is 0 Å². The van der Waals surface area contributed by atoms with Crippen LogP contribution in [0.25, 0.3) is 0 Å². The summed E-state index contributed by atoms with van der Waals surface area (Å²) in [7, 11) is -3.86. The minimum absolute atomic E-state index is 0.0948. The fraction of sp³-hybridized carbons (Fsp3) is 0.278. The van der Waals surface area contributed by atoms with Crippen molar-refractivity contribution >= 4 is 16.0 Å². The molecule has 1 heterocycles. The van der Waals surface area contributed by atoms with E-state index in [9.17, 15) is 17.6 Å². The number of rotatable bonds is 7. The molecule has 1 aliphatic rings. The van der Waals surface area contributed by atoms with Crippen molar-refractivity contribution in [3.8, 4) is 11.5 Å². The molecule has 2 N–H and O–H groups in total. The molecule has 0 fully saturated rings. The molecule has 1 aliphatic heterocycles. The van der Waals surface area contributed by atoms with Crippen molar-refractivity contribution in [3.63, 3.8) is 0 Å². The number of hydrogen-bond donors (Lipinski definition) is 2. The van der Waals surface area contributed by atoms with Gasteiger partial charge in [-0.05, 0) is 30.7 Å². The molecule has 1 unspecified atom stereocenters. The third-order valence-electron chi connectivity index (χ3n) is 4.14. The Kier molecular flexibility index (Phi) is 5.62. The fourth-order valence-corrected chi connectivity index (χ4v) is 3.97. The molecule has 0 aromatic heterocycles. The summed E-state index contributed by atoms with van der Waals surface area (Å²) in [4.78, 5) is 10.6. The van der Waals surface area contributed by atoms with Crippen molar-refractivity contribution in [3.05, 3.63) is 53.8 Å². The molecule has 0 radical (unpaired) electrons. The first-order valence-electron chi connectivity index (χ1n) is 8.22. The second kappa shape index (κ2) is 7.93. The summed E-state index contributed by atoms with van der Waals surface area (Å²) in [6.07, 6.45) is 0.570. The van der Waals surface area contributed by atoms with Crippen LogP contribution < -0.4 is 14.2 Å². The van der Waals surface area contributed by atoms with Gasteiger partial charge in [0.15, 0.2) is 18.1 Å². The third kappa shape index (κ3) is 4.55. The predicted molar refractivity (Wildman–Crippen MR) is 94.0 cm³/mol. The second-order valence-corrected chi connectivity index (χ2v) is 7.77. The molecule has 0 bridgehead atoms. The van der Waals surface area contributed by atoms with Crippen LogP contribution in [0.2, 0.25) is 0 Å². The first kappa shape index (κ1) is 19.1. The molecule has 0 saturated heterocycles. The lowest BCUT2D eigenvalue weighted by atomic mass is 9.93. The molecule has 0 saturated carbocycles. The van der Waals surface area contributed by atoms with Crippen molar-refractivity contribution in [1.82, 2.24) is 4.72 Å². The van der Waals surface area contributed by atoms with Crippen molar-refractivity contribution in [2.75, 3.05) is 19.8 Å². The number of sulfonamides is 1. The van der Waals surface area contributed by atoms with Gasteiger partial charge in [-0.15, -0.1) is 0 Å². The molecular weight excluding hydrogens is 377 g/mol. The van der Waals surface area contributed by atoms with E-state index in [0.29, 0.717) is 24.5 Å². The number of fused-ring (bicyclic) bond motifs is 1. The number of hydrogen-bond acceptors (Lipinski definition) is 5. The first-order valence-corrected chi connectivity index (χ1v) is 9.70. The molecule has 1 atom stereocenters. The third-order valence-corrected chi connectivity index (χ3v) is 5.56. The van der Waals surface area contributed by atoms with Crippen molar-refractivity contribution < 1.29 is 32.2 Å². The summed E-state index contributed by atoms with van der Waals surface area (Å²) in [6, 6.07) is 9.86. The Morgan fingerprint density at radius 1 is 1.30 bits per heavy atom. The molecule has 9 heteroatoms.